The van der Waals surface area contributed by atoms with Crippen LogP contribution in [-0.4, -0.2) is 42.7 Å². The molecule has 0 amide bonds. The summed E-state index contributed by atoms with van der Waals surface area (Å²) in [5, 5.41) is 0. The van der Waals surface area contributed by atoms with Gasteiger partial charge >= 0.3 is 6.42 Å². The van der Waals surface area contributed by atoms with Gasteiger partial charge in [0.15, 0.2) is 6.23 Å². The zero-order valence-corrected chi connectivity index (χ0v) is 17.2. The third-order valence-electron chi connectivity index (χ3n) is 4.19. The molecular weight excluding hydrogens is 378 g/mol. The normalized spacial score (nSPS) is 21.9. The second-order valence-corrected chi connectivity index (χ2v) is 10.5. The van der Waals surface area contributed by atoms with Crippen molar-refractivity contribution in [1.82, 2.24) is 9.80 Å². The van der Waals surface area contributed by atoms with Crippen LogP contribution >= 0.6 is 28.9 Å². The Bertz CT molecular complexity index is 576. The Kier molecular flexibility index (Phi) is 7.91. The molecular formula is C18H25Cl2N2O2P. The Morgan fingerprint density at radius 1 is 1.12 bits per heavy atom. The summed E-state index contributed by atoms with van der Waals surface area (Å²) in [6.07, 6.45) is 4.33. The van der Waals surface area contributed by atoms with E-state index in [2.05, 4.69) is 60.4 Å². The van der Waals surface area contributed by atoms with Crippen molar-refractivity contribution in [2.24, 2.45) is 5.92 Å². The number of benzene rings is 1. The molecule has 0 aromatic heterocycles. The highest BCUT2D eigenvalue weighted by Crippen LogP contribution is 2.63. The highest BCUT2D eigenvalue weighted by Gasteiger charge is 2.34. The van der Waals surface area contributed by atoms with Gasteiger partial charge in [-0.25, -0.2) is 0 Å². The molecule has 1 aliphatic carbocycles. The summed E-state index contributed by atoms with van der Waals surface area (Å²) in [6.45, 7) is 3.97. The summed E-state index contributed by atoms with van der Waals surface area (Å²) >= 11 is 11.2. The lowest BCUT2D eigenvalue weighted by Crippen LogP contribution is -2.39. The van der Waals surface area contributed by atoms with Gasteiger partial charge in [0.25, 0.3) is 0 Å². The van der Waals surface area contributed by atoms with Gasteiger partial charge in [-0.05, 0) is 26.2 Å². The molecule has 1 aromatic carbocycles. The van der Waals surface area contributed by atoms with Crippen LogP contribution in [0.3, 0.4) is 0 Å². The predicted molar refractivity (Wildman–Crippen MR) is 105 cm³/mol. The molecule has 0 aliphatic heterocycles. The van der Waals surface area contributed by atoms with Crippen LogP contribution in [0, 0.1) is 5.92 Å². The summed E-state index contributed by atoms with van der Waals surface area (Å²) < 4.78 is 5.35. The van der Waals surface area contributed by atoms with Crippen LogP contribution in [0.15, 0.2) is 54.6 Å². The van der Waals surface area contributed by atoms with E-state index < -0.39 is 12.6 Å². The zero-order valence-electron chi connectivity index (χ0n) is 14.8. The summed E-state index contributed by atoms with van der Waals surface area (Å²) in [7, 11) is 3.69. The first-order valence-corrected chi connectivity index (χ1v) is 11.7. The van der Waals surface area contributed by atoms with Gasteiger partial charge in [-0.3, -0.25) is 9.80 Å². The van der Waals surface area contributed by atoms with E-state index in [1.54, 1.807) is 0 Å². The molecule has 0 radical (unpaired) electrons. The van der Waals surface area contributed by atoms with Crippen LogP contribution in [0.25, 0.3) is 0 Å². The Balaban J connectivity index is 2.03. The molecule has 138 valence electrons. The van der Waals surface area contributed by atoms with Gasteiger partial charge < -0.3 is 4.89 Å². The SMILES string of the molecule is CCN(Cc1ccccc1)C1C=CC(C(O[P+]([O-])(Cl)Cl)N(C)C)C=C1. The van der Waals surface area contributed by atoms with Gasteiger partial charge in [0.1, 0.15) is 22.5 Å². The first kappa shape index (κ1) is 20.9. The lowest BCUT2D eigenvalue weighted by atomic mass is 9.97. The van der Waals surface area contributed by atoms with E-state index >= 15 is 0 Å². The first-order chi connectivity index (χ1) is 11.8. The van der Waals surface area contributed by atoms with Crippen LogP contribution in [0.1, 0.15) is 12.5 Å². The maximum atomic E-state index is 11.6. The van der Waals surface area contributed by atoms with E-state index in [1.165, 1.54) is 5.56 Å². The maximum Gasteiger partial charge on any atom is 0.306 e. The van der Waals surface area contributed by atoms with E-state index in [0.29, 0.717) is 0 Å². The van der Waals surface area contributed by atoms with Crippen LogP contribution < -0.4 is 4.89 Å². The van der Waals surface area contributed by atoms with Crippen molar-refractivity contribution in [3.05, 3.63) is 60.2 Å². The van der Waals surface area contributed by atoms with E-state index in [0.717, 1.165) is 13.1 Å². The monoisotopic (exact) mass is 402 g/mol. The van der Waals surface area contributed by atoms with E-state index in [-0.39, 0.29) is 12.0 Å². The van der Waals surface area contributed by atoms with Crippen molar-refractivity contribution in [3.8, 4) is 0 Å². The molecule has 4 nitrogen and oxygen atoms in total. The fourth-order valence-corrected chi connectivity index (χ4v) is 4.00. The van der Waals surface area contributed by atoms with Crippen molar-refractivity contribution < 1.29 is 9.42 Å². The molecule has 1 aliphatic rings. The molecule has 1 unspecified atom stereocenters. The molecule has 0 saturated carbocycles. The molecule has 0 heterocycles. The topological polar surface area (TPSA) is 38.8 Å². The third kappa shape index (κ3) is 6.65. The maximum absolute atomic E-state index is 11.6. The quantitative estimate of drug-likeness (QED) is 0.373. The van der Waals surface area contributed by atoms with Gasteiger partial charge in [0.05, 0.1) is 0 Å². The molecule has 0 fully saturated rings. The lowest BCUT2D eigenvalue weighted by molar-refractivity contribution is -0.188. The number of likely N-dealkylation sites (N-methyl/N-ethyl adjacent to an activating group) is 1. The van der Waals surface area contributed by atoms with Gasteiger partial charge in [-0.2, -0.15) is 4.52 Å². The molecule has 1 aromatic rings. The molecule has 0 spiro atoms. The Morgan fingerprint density at radius 3 is 2.20 bits per heavy atom. The van der Waals surface area contributed by atoms with Gasteiger partial charge in [-0.1, -0.05) is 61.6 Å². The minimum atomic E-state index is -3.60. The standard InChI is InChI=1S/C18H25Cl2N2O2P/c1-4-22(14-15-8-6-5-7-9-15)17-12-10-16(11-13-17)18(21(2)3)24-25(19,20)23/h5-13,16-18H,4,14H2,1-3H3. The van der Waals surface area contributed by atoms with Gasteiger partial charge in [-0.15, -0.1) is 0 Å². The van der Waals surface area contributed by atoms with E-state index in [1.807, 2.05) is 25.1 Å². The summed E-state index contributed by atoms with van der Waals surface area (Å²) in [5.41, 5.74) is 1.29. The second-order valence-electron chi connectivity index (χ2n) is 6.26. The Morgan fingerprint density at radius 2 is 1.72 bits per heavy atom. The minimum absolute atomic E-state index is 0.0625. The highest BCUT2D eigenvalue weighted by molar-refractivity contribution is 8.09. The van der Waals surface area contributed by atoms with Crippen LogP contribution in [0.2, 0.25) is 0 Å². The molecule has 1 atom stereocenters. The largest absolute Gasteiger partial charge is 0.627 e. The van der Waals surface area contributed by atoms with Gasteiger partial charge in [0, 0.05) is 18.5 Å². The molecule has 0 saturated heterocycles. The summed E-state index contributed by atoms with van der Waals surface area (Å²) in [5.74, 6) is -0.0625. The van der Waals surface area contributed by atoms with Crippen molar-refractivity contribution >= 4 is 28.9 Å². The van der Waals surface area contributed by atoms with Crippen molar-refractivity contribution in [1.29, 1.82) is 0 Å². The van der Waals surface area contributed by atoms with Gasteiger partial charge in [0.2, 0.25) is 0 Å². The first-order valence-electron chi connectivity index (χ1n) is 8.29. The van der Waals surface area contributed by atoms with Crippen molar-refractivity contribution in [2.45, 2.75) is 25.7 Å². The molecule has 0 N–H and O–H groups in total. The minimum Gasteiger partial charge on any atom is -0.627 e. The fraction of sp³-hybridized carbons (Fsp3) is 0.444. The predicted octanol–water partition coefficient (Wildman–Crippen LogP) is 4.04. The van der Waals surface area contributed by atoms with Crippen molar-refractivity contribution in [3.63, 3.8) is 0 Å². The lowest BCUT2D eigenvalue weighted by Gasteiger charge is -2.33. The number of halogens is 2. The highest BCUT2D eigenvalue weighted by atomic mass is 35.9. The average molecular weight is 403 g/mol. The number of hydrogen-bond acceptors (Lipinski definition) is 4. The second kappa shape index (κ2) is 9.48. The molecule has 2 rings (SSSR count). The Labute approximate surface area is 160 Å². The molecule has 7 heteroatoms. The zero-order chi connectivity index (χ0) is 18.4. The van der Waals surface area contributed by atoms with Crippen LogP contribution in [-0.2, 0) is 11.1 Å². The Hall–Kier alpha value is -0.450. The summed E-state index contributed by atoms with van der Waals surface area (Å²) in [6, 6.07) is 10.6. The smallest absolute Gasteiger partial charge is 0.306 e. The molecule has 0 bridgehead atoms. The average Bonchev–Trinajstić information content (AvgIpc) is 2.58. The number of hydrogen-bond donors (Lipinski definition) is 0. The number of nitrogens with zero attached hydrogens (tertiary/aromatic N) is 2. The number of rotatable bonds is 8. The summed E-state index contributed by atoms with van der Waals surface area (Å²) in [4.78, 5) is 15.8. The van der Waals surface area contributed by atoms with E-state index in [4.69, 9.17) is 27.0 Å². The van der Waals surface area contributed by atoms with E-state index in [9.17, 15) is 4.89 Å². The van der Waals surface area contributed by atoms with Crippen LogP contribution in [0.5, 0.6) is 0 Å². The van der Waals surface area contributed by atoms with Crippen molar-refractivity contribution in [2.75, 3.05) is 20.6 Å². The van der Waals surface area contributed by atoms with Crippen LogP contribution in [0.4, 0.5) is 0 Å². The molecule has 25 heavy (non-hydrogen) atoms. The third-order valence-corrected chi connectivity index (χ3v) is 5.13. The fourth-order valence-electron chi connectivity index (χ4n) is 2.93.